The third kappa shape index (κ3) is 2.74. The fraction of sp³-hybridized carbons (Fsp3) is 0.667. The summed E-state index contributed by atoms with van der Waals surface area (Å²) in [6.07, 6.45) is 5.46. The van der Waals surface area contributed by atoms with Gasteiger partial charge in [0.15, 0.2) is 0 Å². The number of hydrogen-bond donors (Lipinski definition) is 0. The van der Waals surface area contributed by atoms with E-state index >= 15 is 0 Å². The molecule has 5 nitrogen and oxygen atoms in total. The van der Waals surface area contributed by atoms with E-state index in [-0.39, 0.29) is 6.04 Å². The summed E-state index contributed by atoms with van der Waals surface area (Å²) in [6, 6.07) is 6.85. The van der Waals surface area contributed by atoms with Crippen molar-refractivity contribution in [3.05, 3.63) is 29.3 Å². The summed E-state index contributed by atoms with van der Waals surface area (Å²) in [4.78, 5) is 2.57. The fourth-order valence-electron chi connectivity index (χ4n) is 4.93. The Kier molecular flexibility index (Phi) is 4.09. The molecule has 1 aromatic rings. The molecule has 132 valence electrons. The molecule has 2 saturated heterocycles. The van der Waals surface area contributed by atoms with E-state index in [4.69, 9.17) is 4.74 Å². The third-order valence-corrected chi connectivity index (χ3v) is 7.35. The number of nitrogens with zero attached hydrogens (tertiary/aromatic N) is 2. The van der Waals surface area contributed by atoms with Gasteiger partial charge in [0.05, 0.1) is 13.4 Å². The molecule has 2 fully saturated rings. The van der Waals surface area contributed by atoms with Crippen molar-refractivity contribution in [2.75, 3.05) is 33.0 Å². The molecule has 0 unspecified atom stereocenters. The summed E-state index contributed by atoms with van der Waals surface area (Å²) in [5.41, 5.74) is 2.72. The van der Waals surface area contributed by atoms with Gasteiger partial charge in [-0.05, 0) is 54.9 Å². The molecular weight excluding hydrogens is 324 g/mol. The molecule has 3 atom stereocenters. The largest absolute Gasteiger partial charge is 0.497 e. The van der Waals surface area contributed by atoms with Crippen LogP contribution in [0.5, 0.6) is 5.75 Å². The molecule has 0 spiro atoms. The number of methoxy groups -OCH3 is 1. The van der Waals surface area contributed by atoms with Gasteiger partial charge in [-0.25, -0.2) is 8.42 Å². The monoisotopic (exact) mass is 350 g/mol. The van der Waals surface area contributed by atoms with Crippen LogP contribution in [0.4, 0.5) is 0 Å². The second-order valence-electron chi connectivity index (χ2n) is 7.40. The van der Waals surface area contributed by atoms with Crippen molar-refractivity contribution >= 4 is 10.0 Å². The van der Waals surface area contributed by atoms with Gasteiger partial charge in [0.25, 0.3) is 0 Å². The van der Waals surface area contributed by atoms with Crippen LogP contribution in [0.1, 0.15) is 36.4 Å². The summed E-state index contributed by atoms with van der Waals surface area (Å²) in [5.74, 6) is 1.39. The highest BCUT2D eigenvalue weighted by Crippen LogP contribution is 2.43. The van der Waals surface area contributed by atoms with Gasteiger partial charge in [0.1, 0.15) is 5.75 Å². The van der Waals surface area contributed by atoms with E-state index in [1.54, 1.807) is 11.4 Å². The van der Waals surface area contributed by atoms with Gasteiger partial charge in [0.2, 0.25) is 10.0 Å². The van der Waals surface area contributed by atoms with E-state index in [1.165, 1.54) is 17.4 Å². The number of benzene rings is 1. The molecule has 24 heavy (non-hydrogen) atoms. The van der Waals surface area contributed by atoms with Gasteiger partial charge < -0.3 is 4.74 Å². The molecule has 0 aliphatic carbocycles. The van der Waals surface area contributed by atoms with Crippen molar-refractivity contribution in [2.24, 2.45) is 5.92 Å². The normalized spacial score (nSPS) is 31.0. The van der Waals surface area contributed by atoms with E-state index in [9.17, 15) is 8.42 Å². The van der Waals surface area contributed by atoms with Gasteiger partial charge >= 0.3 is 0 Å². The Bertz CT molecular complexity index is 734. The minimum atomic E-state index is -3.13. The molecule has 0 N–H and O–H groups in total. The quantitative estimate of drug-likeness (QED) is 0.819. The van der Waals surface area contributed by atoms with Gasteiger partial charge in [-0.3, -0.25) is 4.90 Å². The maximum atomic E-state index is 12.2. The lowest BCUT2D eigenvalue weighted by Crippen LogP contribution is -2.57. The van der Waals surface area contributed by atoms with Crippen LogP contribution in [0.15, 0.2) is 18.2 Å². The van der Waals surface area contributed by atoms with Crippen LogP contribution in [0.25, 0.3) is 0 Å². The SMILES string of the molecule is COc1ccc2c(c1)CCN1C[C@@H]3CCCN(S(C)(=O)=O)[C@H]3C[C@@H]21. The lowest BCUT2D eigenvalue weighted by Gasteiger charge is -2.51. The first-order chi connectivity index (χ1) is 11.5. The predicted molar refractivity (Wildman–Crippen MR) is 93.7 cm³/mol. The zero-order valence-electron chi connectivity index (χ0n) is 14.4. The first kappa shape index (κ1) is 16.4. The molecule has 6 heteroatoms. The van der Waals surface area contributed by atoms with Gasteiger partial charge in [-0.15, -0.1) is 0 Å². The van der Waals surface area contributed by atoms with Crippen molar-refractivity contribution < 1.29 is 13.2 Å². The molecule has 0 amide bonds. The molecule has 3 aliphatic rings. The molecule has 0 bridgehead atoms. The minimum Gasteiger partial charge on any atom is -0.497 e. The van der Waals surface area contributed by atoms with Crippen LogP contribution in [0.3, 0.4) is 0 Å². The number of hydrogen-bond acceptors (Lipinski definition) is 4. The number of ether oxygens (including phenoxy) is 1. The number of fused-ring (bicyclic) bond motifs is 4. The summed E-state index contributed by atoms with van der Waals surface area (Å²) in [7, 11) is -1.42. The maximum Gasteiger partial charge on any atom is 0.211 e. The molecule has 0 radical (unpaired) electrons. The highest BCUT2D eigenvalue weighted by molar-refractivity contribution is 7.88. The Morgan fingerprint density at radius 1 is 1.25 bits per heavy atom. The summed E-state index contributed by atoms with van der Waals surface area (Å²) >= 11 is 0. The van der Waals surface area contributed by atoms with Crippen LogP contribution in [0, 0.1) is 5.92 Å². The zero-order valence-corrected chi connectivity index (χ0v) is 15.3. The number of piperidine rings is 2. The van der Waals surface area contributed by atoms with Crippen LogP contribution in [0.2, 0.25) is 0 Å². The Labute approximate surface area is 144 Å². The standard InChI is InChI=1S/C18H26N2O3S/c1-23-15-5-6-16-13(10-15)7-9-19-12-14-4-3-8-20(24(2,21)22)17(14)11-18(16)19/h5-6,10,14,17-18H,3-4,7-9,11-12H2,1-2H3/t14-,17-,18-/m0/s1. The zero-order chi connectivity index (χ0) is 16.9. The predicted octanol–water partition coefficient (Wildman–Crippen LogP) is 2.04. The Balaban J connectivity index is 1.66. The molecule has 3 heterocycles. The van der Waals surface area contributed by atoms with Crippen molar-refractivity contribution in [1.29, 1.82) is 0 Å². The first-order valence-electron chi connectivity index (χ1n) is 8.85. The van der Waals surface area contributed by atoms with E-state index in [1.807, 2.05) is 6.07 Å². The van der Waals surface area contributed by atoms with Gasteiger partial charge in [-0.1, -0.05) is 6.07 Å². The lowest BCUT2D eigenvalue weighted by atomic mass is 9.77. The fourth-order valence-corrected chi connectivity index (χ4v) is 6.14. The van der Waals surface area contributed by atoms with E-state index < -0.39 is 10.0 Å². The Morgan fingerprint density at radius 3 is 2.83 bits per heavy atom. The smallest absolute Gasteiger partial charge is 0.211 e. The Morgan fingerprint density at radius 2 is 2.08 bits per heavy atom. The van der Waals surface area contributed by atoms with Crippen LogP contribution in [-0.2, 0) is 16.4 Å². The maximum absolute atomic E-state index is 12.2. The minimum absolute atomic E-state index is 0.156. The van der Waals surface area contributed by atoms with Gasteiger partial charge in [-0.2, -0.15) is 4.31 Å². The summed E-state index contributed by atoms with van der Waals surface area (Å²) in [5, 5.41) is 0. The third-order valence-electron chi connectivity index (χ3n) is 6.05. The number of rotatable bonds is 2. The van der Waals surface area contributed by atoms with E-state index in [2.05, 4.69) is 17.0 Å². The van der Waals surface area contributed by atoms with Crippen LogP contribution >= 0.6 is 0 Å². The van der Waals surface area contributed by atoms with Crippen molar-refractivity contribution in [1.82, 2.24) is 9.21 Å². The van der Waals surface area contributed by atoms with Crippen LogP contribution in [-0.4, -0.2) is 56.7 Å². The lowest BCUT2D eigenvalue weighted by molar-refractivity contribution is 0.0222. The van der Waals surface area contributed by atoms with Crippen molar-refractivity contribution in [2.45, 2.75) is 37.8 Å². The Hall–Kier alpha value is -1.11. The van der Waals surface area contributed by atoms with E-state index in [0.717, 1.165) is 44.5 Å². The molecule has 3 aliphatic heterocycles. The molecule has 0 saturated carbocycles. The highest BCUT2D eigenvalue weighted by Gasteiger charge is 2.44. The second kappa shape index (κ2) is 6.00. The second-order valence-corrected chi connectivity index (χ2v) is 9.34. The number of sulfonamides is 1. The van der Waals surface area contributed by atoms with Crippen molar-refractivity contribution in [3.63, 3.8) is 0 Å². The highest BCUT2D eigenvalue weighted by atomic mass is 32.2. The average molecular weight is 350 g/mol. The molecule has 4 rings (SSSR count). The molecule has 0 aromatic heterocycles. The van der Waals surface area contributed by atoms with E-state index in [0.29, 0.717) is 18.5 Å². The summed E-state index contributed by atoms with van der Waals surface area (Å²) in [6.45, 7) is 2.77. The average Bonchev–Trinajstić information content (AvgIpc) is 2.58. The first-order valence-corrected chi connectivity index (χ1v) is 10.7. The van der Waals surface area contributed by atoms with Gasteiger partial charge in [0, 0.05) is 31.7 Å². The molecule has 1 aromatic carbocycles. The molecular formula is C18H26N2O3S. The summed E-state index contributed by atoms with van der Waals surface area (Å²) < 4.78 is 31.6. The van der Waals surface area contributed by atoms with Crippen LogP contribution < -0.4 is 4.74 Å². The topological polar surface area (TPSA) is 49.9 Å². The van der Waals surface area contributed by atoms with Crippen molar-refractivity contribution in [3.8, 4) is 5.75 Å².